The number of carboxylic acids is 1. The summed E-state index contributed by atoms with van der Waals surface area (Å²) in [5.74, 6) is -0.310. The third-order valence-electron chi connectivity index (χ3n) is 3.41. The number of aliphatic carboxylic acids is 1. The molecule has 24 heavy (non-hydrogen) atoms. The standard InChI is InChI=1S/C16H18ClN3O4/c1-2-20(10-15(22)23)14(21)5-3-4-13-18-16(19-24-13)11-6-8-12(17)9-7-11/h6-9H,2-5,10H2,1H3,(H,22,23). The lowest BCUT2D eigenvalue weighted by atomic mass is 10.2. The topological polar surface area (TPSA) is 96.5 Å². The molecule has 7 nitrogen and oxygen atoms in total. The highest BCUT2D eigenvalue weighted by atomic mass is 35.5. The first-order valence-corrected chi connectivity index (χ1v) is 7.95. The Labute approximate surface area is 144 Å². The van der Waals surface area contributed by atoms with Crippen LogP contribution in [0.3, 0.4) is 0 Å². The molecule has 2 aromatic rings. The van der Waals surface area contributed by atoms with Gasteiger partial charge in [0.1, 0.15) is 6.54 Å². The van der Waals surface area contributed by atoms with Crippen LogP contribution in [0, 0.1) is 0 Å². The van der Waals surface area contributed by atoms with Crippen molar-refractivity contribution in [2.75, 3.05) is 13.1 Å². The van der Waals surface area contributed by atoms with E-state index in [2.05, 4.69) is 10.1 Å². The number of aromatic nitrogens is 2. The van der Waals surface area contributed by atoms with Crippen molar-refractivity contribution < 1.29 is 19.2 Å². The Morgan fingerprint density at radius 3 is 2.62 bits per heavy atom. The Morgan fingerprint density at radius 1 is 1.29 bits per heavy atom. The molecule has 1 heterocycles. The van der Waals surface area contributed by atoms with Gasteiger partial charge in [-0.2, -0.15) is 4.98 Å². The van der Waals surface area contributed by atoms with Gasteiger partial charge < -0.3 is 14.5 Å². The maximum absolute atomic E-state index is 11.9. The van der Waals surface area contributed by atoms with E-state index in [1.165, 1.54) is 4.90 Å². The molecule has 8 heteroatoms. The van der Waals surface area contributed by atoms with Crippen molar-refractivity contribution in [3.05, 3.63) is 35.2 Å². The Kier molecular flexibility index (Phi) is 6.31. The number of carbonyl (C=O) groups is 2. The molecule has 1 N–H and O–H groups in total. The van der Waals surface area contributed by atoms with Gasteiger partial charge in [-0.3, -0.25) is 9.59 Å². The number of aryl methyl sites for hydroxylation is 1. The van der Waals surface area contributed by atoms with Crippen LogP contribution in [0.25, 0.3) is 11.4 Å². The van der Waals surface area contributed by atoms with Crippen LogP contribution in [0.15, 0.2) is 28.8 Å². The molecule has 0 fully saturated rings. The van der Waals surface area contributed by atoms with Crippen LogP contribution in [-0.4, -0.2) is 45.1 Å². The van der Waals surface area contributed by atoms with Crippen LogP contribution in [0.1, 0.15) is 25.7 Å². The van der Waals surface area contributed by atoms with Gasteiger partial charge in [0.2, 0.25) is 17.6 Å². The number of carboxylic acid groups (broad SMARTS) is 1. The van der Waals surface area contributed by atoms with E-state index in [-0.39, 0.29) is 18.9 Å². The Balaban J connectivity index is 1.86. The fraction of sp³-hybridized carbons (Fsp3) is 0.375. The molecule has 0 saturated heterocycles. The molecule has 0 spiro atoms. The zero-order valence-corrected chi connectivity index (χ0v) is 14.0. The zero-order chi connectivity index (χ0) is 17.5. The van der Waals surface area contributed by atoms with Crippen molar-refractivity contribution >= 4 is 23.5 Å². The number of hydrogen-bond acceptors (Lipinski definition) is 5. The van der Waals surface area contributed by atoms with Crippen molar-refractivity contribution in [3.63, 3.8) is 0 Å². The summed E-state index contributed by atoms with van der Waals surface area (Å²) in [6, 6.07) is 7.08. The van der Waals surface area contributed by atoms with Crippen molar-refractivity contribution in [1.29, 1.82) is 0 Å². The van der Waals surface area contributed by atoms with E-state index >= 15 is 0 Å². The highest BCUT2D eigenvalue weighted by Crippen LogP contribution is 2.19. The lowest BCUT2D eigenvalue weighted by Gasteiger charge is -2.18. The summed E-state index contributed by atoms with van der Waals surface area (Å²) in [4.78, 5) is 28.2. The van der Waals surface area contributed by atoms with E-state index in [0.29, 0.717) is 36.1 Å². The first-order valence-electron chi connectivity index (χ1n) is 7.57. The largest absolute Gasteiger partial charge is 0.480 e. The lowest BCUT2D eigenvalue weighted by molar-refractivity contribution is -0.144. The van der Waals surface area contributed by atoms with Gasteiger partial charge in [0.25, 0.3) is 0 Å². The predicted octanol–water partition coefficient (Wildman–Crippen LogP) is 2.65. The molecule has 128 valence electrons. The second kappa shape index (κ2) is 8.44. The number of amides is 1. The van der Waals surface area contributed by atoms with Crippen molar-refractivity contribution in [2.24, 2.45) is 0 Å². The average molecular weight is 352 g/mol. The molecule has 0 saturated carbocycles. The van der Waals surface area contributed by atoms with E-state index in [0.717, 1.165) is 5.56 Å². The number of halogens is 1. The second-order valence-electron chi connectivity index (χ2n) is 5.17. The van der Waals surface area contributed by atoms with Crippen molar-refractivity contribution in [3.8, 4) is 11.4 Å². The number of likely N-dealkylation sites (N-methyl/N-ethyl adjacent to an activating group) is 1. The molecule has 0 radical (unpaired) electrons. The summed E-state index contributed by atoms with van der Waals surface area (Å²) >= 11 is 5.83. The van der Waals surface area contributed by atoms with E-state index in [1.54, 1.807) is 31.2 Å². The molecule has 1 aromatic heterocycles. The van der Waals surface area contributed by atoms with E-state index < -0.39 is 5.97 Å². The minimum atomic E-state index is -1.02. The lowest BCUT2D eigenvalue weighted by Crippen LogP contribution is -2.35. The van der Waals surface area contributed by atoms with Crippen LogP contribution >= 0.6 is 11.6 Å². The quantitative estimate of drug-likeness (QED) is 0.785. The van der Waals surface area contributed by atoms with Gasteiger partial charge in [-0.15, -0.1) is 0 Å². The number of benzene rings is 1. The fourth-order valence-corrected chi connectivity index (χ4v) is 2.29. The van der Waals surface area contributed by atoms with Gasteiger partial charge in [0.15, 0.2) is 0 Å². The highest BCUT2D eigenvalue weighted by molar-refractivity contribution is 6.30. The molecule has 1 amide bonds. The van der Waals surface area contributed by atoms with Crippen LogP contribution in [0.2, 0.25) is 5.02 Å². The van der Waals surface area contributed by atoms with E-state index in [1.807, 2.05) is 0 Å². The van der Waals surface area contributed by atoms with Crippen LogP contribution in [-0.2, 0) is 16.0 Å². The summed E-state index contributed by atoms with van der Waals surface area (Å²) in [6.45, 7) is 1.83. The van der Waals surface area contributed by atoms with Gasteiger partial charge in [0.05, 0.1) is 0 Å². The zero-order valence-electron chi connectivity index (χ0n) is 13.2. The third-order valence-corrected chi connectivity index (χ3v) is 3.66. The SMILES string of the molecule is CCN(CC(=O)O)C(=O)CCCc1nc(-c2ccc(Cl)cc2)no1. The summed E-state index contributed by atoms with van der Waals surface area (Å²) < 4.78 is 5.17. The maximum Gasteiger partial charge on any atom is 0.323 e. The Bertz CT molecular complexity index is 700. The monoisotopic (exact) mass is 351 g/mol. The van der Waals surface area contributed by atoms with Crippen LogP contribution < -0.4 is 0 Å². The number of nitrogens with zero attached hydrogens (tertiary/aromatic N) is 3. The molecule has 0 unspecified atom stereocenters. The Hall–Kier alpha value is -2.41. The normalized spacial score (nSPS) is 10.6. The molecular weight excluding hydrogens is 334 g/mol. The van der Waals surface area contributed by atoms with Crippen molar-refractivity contribution in [1.82, 2.24) is 15.0 Å². The molecule has 1 aromatic carbocycles. The minimum absolute atomic E-state index is 0.197. The van der Waals surface area contributed by atoms with Gasteiger partial charge in [-0.25, -0.2) is 0 Å². The number of carbonyl (C=O) groups excluding carboxylic acids is 1. The molecule has 0 aliphatic heterocycles. The van der Waals surface area contributed by atoms with Gasteiger partial charge in [0, 0.05) is 30.0 Å². The molecular formula is C16H18ClN3O4. The minimum Gasteiger partial charge on any atom is -0.480 e. The maximum atomic E-state index is 11.9. The van der Waals surface area contributed by atoms with Crippen LogP contribution in [0.5, 0.6) is 0 Å². The molecule has 0 bridgehead atoms. The summed E-state index contributed by atoms with van der Waals surface area (Å²) in [5, 5.41) is 13.3. The van der Waals surface area contributed by atoms with Gasteiger partial charge in [-0.05, 0) is 37.6 Å². The van der Waals surface area contributed by atoms with Crippen LogP contribution in [0.4, 0.5) is 0 Å². The first kappa shape index (κ1) is 17.9. The average Bonchev–Trinajstić information content (AvgIpc) is 3.01. The summed E-state index contributed by atoms with van der Waals surface area (Å²) in [6.07, 6.45) is 1.20. The third kappa shape index (κ3) is 5.06. The smallest absolute Gasteiger partial charge is 0.323 e. The number of hydrogen-bond donors (Lipinski definition) is 1. The van der Waals surface area contributed by atoms with Gasteiger partial charge in [-0.1, -0.05) is 16.8 Å². The highest BCUT2D eigenvalue weighted by Gasteiger charge is 2.15. The molecule has 0 aliphatic rings. The summed E-state index contributed by atoms with van der Waals surface area (Å²) in [5.41, 5.74) is 0.795. The van der Waals surface area contributed by atoms with Gasteiger partial charge >= 0.3 is 5.97 Å². The predicted molar refractivity (Wildman–Crippen MR) is 87.6 cm³/mol. The van der Waals surface area contributed by atoms with E-state index in [4.69, 9.17) is 21.2 Å². The van der Waals surface area contributed by atoms with E-state index in [9.17, 15) is 9.59 Å². The Morgan fingerprint density at radius 2 is 2.00 bits per heavy atom. The first-order chi connectivity index (χ1) is 11.5. The number of rotatable bonds is 8. The molecule has 0 aliphatic carbocycles. The molecule has 2 rings (SSSR count). The fourth-order valence-electron chi connectivity index (χ4n) is 2.16. The van der Waals surface area contributed by atoms with Crippen molar-refractivity contribution in [2.45, 2.75) is 26.2 Å². The molecule has 0 atom stereocenters. The second-order valence-corrected chi connectivity index (χ2v) is 5.61. The summed E-state index contributed by atoms with van der Waals surface area (Å²) in [7, 11) is 0.